The number of rotatable bonds is 1. The Morgan fingerprint density at radius 3 is 2.86 bits per heavy atom. The fourth-order valence-electron chi connectivity index (χ4n) is 0.150. The molecule has 0 aliphatic rings. The van der Waals surface area contributed by atoms with Crippen molar-refractivity contribution in [3.63, 3.8) is 0 Å². The SMILES string of the molecule is NCCC#CSI. The molecule has 7 heavy (non-hydrogen) atoms. The molecule has 0 spiro atoms. The van der Waals surface area contributed by atoms with Crippen molar-refractivity contribution < 1.29 is 0 Å². The minimum Gasteiger partial charge on any atom is -0.330 e. The van der Waals surface area contributed by atoms with Crippen molar-refractivity contribution in [2.24, 2.45) is 5.73 Å². The van der Waals surface area contributed by atoms with Crippen LogP contribution >= 0.6 is 30.1 Å². The van der Waals surface area contributed by atoms with E-state index in [0.717, 1.165) is 6.42 Å². The maximum atomic E-state index is 5.16. The lowest BCUT2D eigenvalue weighted by atomic mass is 10.5. The van der Waals surface area contributed by atoms with Crippen molar-refractivity contribution >= 4 is 30.1 Å². The van der Waals surface area contributed by atoms with Gasteiger partial charge in [0.05, 0.1) is 0 Å². The van der Waals surface area contributed by atoms with Crippen LogP contribution in [0.5, 0.6) is 0 Å². The minimum atomic E-state index is 0.671. The largest absolute Gasteiger partial charge is 0.330 e. The van der Waals surface area contributed by atoms with Gasteiger partial charge in [-0.2, -0.15) is 0 Å². The van der Waals surface area contributed by atoms with E-state index in [1.165, 1.54) is 8.93 Å². The predicted octanol–water partition coefficient (Wildman–Crippen LogP) is 1.38. The molecule has 0 aromatic carbocycles. The first-order valence-corrected chi connectivity index (χ1v) is 5.23. The van der Waals surface area contributed by atoms with E-state index in [4.69, 9.17) is 5.73 Å². The molecule has 0 fully saturated rings. The summed E-state index contributed by atoms with van der Waals surface area (Å²) in [5, 5.41) is 2.82. The quantitative estimate of drug-likeness (QED) is 0.541. The molecule has 0 bridgehead atoms. The summed E-state index contributed by atoms with van der Waals surface area (Å²) in [4.78, 5) is 0. The summed E-state index contributed by atoms with van der Waals surface area (Å²) in [6, 6.07) is 0. The van der Waals surface area contributed by atoms with Crippen molar-refractivity contribution in [1.29, 1.82) is 0 Å². The molecule has 40 valence electrons. The van der Waals surface area contributed by atoms with Crippen LogP contribution in [0.3, 0.4) is 0 Å². The summed E-state index contributed by atoms with van der Waals surface area (Å²) in [6.45, 7) is 0.671. The highest BCUT2D eigenvalue weighted by Crippen LogP contribution is 2.06. The van der Waals surface area contributed by atoms with Gasteiger partial charge in [0, 0.05) is 34.2 Å². The van der Waals surface area contributed by atoms with Crippen LogP contribution in [0.2, 0.25) is 0 Å². The Morgan fingerprint density at radius 1 is 1.71 bits per heavy atom. The fraction of sp³-hybridized carbons (Fsp3) is 0.500. The molecule has 1 nitrogen and oxygen atoms in total. The van der Waals surface area contributed by atoms with Crippen LogP contribution in [0.4, 0.5) is 0 Å². The molecule has 0 aliphatic carbocycles. The molecule has 0 rings (SSSR count). The minimum absolute atomic E-state index is 0.671. The van der Waals surface area contributed by atoms with Gasteiger partial charge in [0.25, 0.3) is 0 Å². The predicted molar refractivity (Wildman–Crippen MR) is 43.1 cm³/mol. The first-order chi connectivity index (χ1) is 3.41. The maximum Gasteiger partial charge on any atom is 0.0221 e. The second-order valence-electron chi connectivity index (χ2n) is 0.895. The lowest BCUT2D eigenvalue weighted by molar-refractivity contribution is 1.03. The highest BCUT2D eigenvalue weighted by molar-refractivity contribution is 14.2. The van der Waals surface area contributed by atoms with E-state index >= 15 is 0 Å². The third-order valence-corrected chi connectivity index (χ3v) is 1.26. The first-order valence-electron chi connectivity index (χ1n) is 1.87. The van der Waals surface area contributed by atoms with E-state index < -0.39 is 0 Å². The highest BCUT2D eigenvalue weighted by Gasteiger charge is 1.66. The van der Waals surface area contributed by atoms with Gasteiger partial charge in [0.1, 0.15) is 0 Å². The summed E-state index contributed by atoms with van der Waals surface area (Å²) < 4.78 is 0. The Balaban J connectivity index is 2.91. The van der Waals surface area contributed by atoms with Gasteiger partial charge in [-0.1, -0.05) is 5.92 Å². The zero-order valence-corrected chi connectivity index (χ0v) is 6.75. The van der Waals surface area contributed by atoms with Crippen LogP contribution in [0.1, 0.15) is 6.42 Å². The number of nitrogens with two attached hydrogens (primary N) is 1. The molecule has 0 saturated heterocycles. The first kappa shape index (κ1) is 7.60. The Kier molecular flexibility index (Phi) is 7.17. The summed E-state index contributed by atoms with van der Waals surface area (Å²) >= 11 is 2.13. The molecule has 0 radical (unpaired) electrons. The van der Waals surface area contributed by atoms with Crippen LogP contribution in [-0.2, 0) is 0 Å². The van der Waals surface area contributed by atoms with Crippen molar-refractivity contribution in [2.45, 2.75) is 6.42 Å². The van der Waals surface area contributed by atoms with Crippen molar-refractivity contribution in [3.8, 4) is 11.2 Å². The third-order valence-electron chi connectivity index (χ3n) is 0.380. The Labute approximate surface area is 60.0 Å². The molecular weight excluding hydrogens is 221 g/mol. The van der Waals surface area contributed by atoms with Crippen LogP contribution < -0.4 is 5.73 Å². The summed E-state index contributed by atoms with van der Waals surface area (Å²) in [5.41, 5.74) is 5.16. The number of halogens is 1. The van der Waals surface area contributed by atoms with Crippen LogP contribution in [0.15, 0.2) is 0 Å². The number of hydrogen-bond acceptors (Lipinski definition) is 2. The molecule has 2 N–H and O–H groups in total. The van der Waals surface area contributed by atoms with E-state index in [0.29, 0.717) is 6.54 Å². The summed E-state index contributed by atoms with van der Waals surface area (Å²) in [6.07, 6.45) is 0.815. The molecule has 0 aliphatic heterocycles. The zero-order chi connectivity index (χ0) is 5.54. The molecule has 0 aromatic rings. The van der Waals surface area contributed by atoms with E-state index in [2.05, 4.69) is 32.4 Å². The smallest absolute Gasteiger partial charge is 0.0221 e. The van der Waals surface area contributed by atoms with E-state index in [9.17, 15) is 0 Å². The van der Waals surface area contributed by atoms with E-state index in [1.807, 2.05) is 0 Å². The Bertz CT molecular complexity index is 83.4. The molecule has 0 amide bonds. The van der Waals surface area contributed by atoms with Gasteiger partial charge >= 0.3 is 0 Å². The second-order valence-corrected chi connectivity index (χ2v) is 2.57. The Morgan fingerprint density at radius 2 is 2.43 bits per heavy atom. The molecular formula is C4H6INS. The Hall–Kier alpha value is 0.600. The fourth-order valence-corrected chi connectivity index (χ4v) is 0.774. The normalized spacial score (nSPS) is 7.14. The monoisotopic (exact) mass is 227 g/mol. The van der Waals surface area contributed by atoms with E-state index in [-0.39, 0.29) is 0 Å². The van der Waals surface area contributed by atoms with Gasteiger partial charge in [-0.25, -0.2) is 0 Å². The van der Waals surface area contributed by atoms with Crippen LogP contribution in [-0.4, -0.2) is 6.54 Å². The van der Waals surface area contributed by atoms with Gasteiger partial charge < -0.3 is 5.73 Å². The van der Waals surface area contributed by atoms with Gasteiger partial charge in [-0.3, -0.25) is 0 Å². The molecule has 3 heteroatoms. The van der Waals surface area contributed by atoms with Gasteiger partial charge in [0.15, 0.2) is 0 Å². The van der Waals surface area contributed by atoms with E-state index in [1.54, 1.807) is 0 Å². The van der Waals surface area contributed by atoms with Gasteiger partial charge in [-0.15, -0.1) is 0 Å². The van der Waals surface area contributed by atoms with Gasteiger partial charge in [0.2, 0.25) is 0 Å². The maximum absolute atomic E-state index is 5.16. The van der Waals surface area contributed by atoms with Gasteiger partial charge in [-0.05, 0) is 14.2 Å². The zero-order valence-electron chi connectivity index (χ0n) is 3.78. The standard InChI is InChI=1S/C4H6INS/c5-7-4-2-1-3-6/h1,3,6H2. The van der Waals surface area contributed by atoms with Crippen molar-refractivity contribution in [1.82, 2.24) is 0 Å². The average molecular weight is 227 g/mol. The van der Waals surface area contributed by atoms with Crippen molar-refractivity contribution in [2.75, 3.05) is 6.54 Å². The molecule has 0 saturated carbocycles. The lowest BCUT2D eigenvalue weighted by Crippen LogP contribution is -1.94. The number of hydrogen-bond donors (Lipinski definition) is 1. The van der Waals surface area contributed by atoms with Crippen molar-refractivity contribution in [3.05, 3.63) is 0 Å². The lowest BCUT2D eigenvalue weighted by Gasteiger charge is -1.74. The van der Waals surface area contributed by atoms with Crippen LogP contribution in [0, 0.1) is 11.2 Å². The average Bonchev–Trinajstić information content (AvgIpc) is 1.69. The highest BCUT2D eigenvalue weighted by atomic mass is 127. The third kappa shape index (κ3) is 6.60. The summed E-state index contributed by atoms with van der Waals surface area (Å²) in [7, 11) is 1.49. The molecule has 0 aromatic heterocycles. The topological polar surface area (TPSA) is 26.0 Å². The second kappa shape index (κ2) is 6.60. The molecule has 0 atom stereocenters. The van der Waals surface area contributed by atoms with Crippen LogP contribution in [0.25, 0.3) is 0 Å². The molecule has 0 heterocycles. The summed E-state index contributed by atoms with van der Waals surface area (Å²) in [5.74, 6) is 2.87. The molecule has 0 unspecified atom stereocenters.